The number of hydrogen-bond acceptors (Lipinski definition) is 7. The van der Waals surface area contributed by atoms with Crippen LogP contribution in [0.15, 0.2) is 29.7 Å². The number of nitrogens with two attached hydrogens (primary N) is 1. The molecule has 3 N–H and O–H groups in total. The third-order valence-electron chi connectivity index (χ3n) is 5.34. The first-order valence-corrected chi connectivity index (χ1v) is 10.6. The lowest BCUT2D eigenvalue weighted by molar-refractivity contribution is 0.138. The number of aryl methyl sites for hydroxylation is 1. The summed E-state index contributed by atoms with van der Waals surface area (Å²) >= 11 is 0. The number of aromatic amines is 1. The normalized spacial score (nSPS) is 14.6. The smallest absolute Gasteiger partial charge is 0.233 e. The fraction of sp³-hybridized carbons (Fsp3) is 0.409. The van der Waals surface area contributed by atoms with E-state index in [9.17, 15) is 4.39 Å². The van der Waals surface area contributed by atoms with Crippen molar-refractivity contribution in [1.29, 1.82) is 0 Å². The zero-order valence-corrected chi connectivity index (χ0v) is 17.6. The van der Waals surface area contributed by atoms with Crippen molar-refractivity contribution in [3.8, 4) is 11.6 Å². The second kappa shape index (κ2) is 9.74. The van der Waals surface area contributed by atoms with E-state index in [1.54, 1.807) is 18.2 Å². The molecule has 0 aliphatic carbocycles. The Bertz CT molecular complexity index is 1060. The Labute approximate surface area is 180 Å². The summed E-state index contributed by atoms with van der Waals surface area (Å²) in [5.41, 5.74) is 7.86. The largest absolute Gasteiger partial charge is 0.435 e. The molecule has 3 heterocycles. The summed E-state index contributed by atoms with van der Waals surface area (Å²) in [6, 6.07) is 5.03. The fourth-order valence-corrected chi connectivity index (χ4v) is 3.72. The SMILES string of the molecule is Cc1cc2c(F)c(Oc3ncnc(N)c3C=NOCCCCN3CCCC3)ccc2[nH]1. The van der Waals surface area contributed by atoms with Gasteiger partial charge in [0.2, 0.25) is 5.88 Å². The molecule has 1 fully saturated rings. The number of nitrogens with one attached hydrogen (secondary N) is 1. The Morgan fingerprint density at radius 3 is 2.94 bits per heavy atom. The average molecular weight is 426 g/mol. The molecule has 1 aromatic carbocycles. The topological polar surface area (TPSA) is 102 Å². The molecule has 1 aliphatic heterocycles. The van der Waals surface area contributed by atoms with E-state index in [0.717, 1.165) is 25.1 Å². The third kappa shape index (κ3) is 5.11. The van der Waals surface area contributed by atoms with Crippen molar-refractivity contribution in [2.75, 3.05) is 32.0 Å². The summed E-state index contributed by atoms with van der Waals surface area (Å²) in [5, 5.41) is 4.42. The van der Waals surface area contributed by atoms with Crippen LogP contribution in [-0.2, 0) is 4.84 Å². The number of nitrogen functional groups attached to an aromatic ring is 1. The van der Waals surface area contributed by atoms with Gasteiger partial charge < -0.3 is 25.2 Å². The molecule has 31 heavy (non-hydrogen) atoms. The molecule has 1 aliphatic rings. The number of halogens is 1. The predicted molar refractivity (Wildman–Crippen MR) is 118 cm³/mol. The zero-order chi connectivity index (χ0) is 21.6. The summed E-state index contributed by atoms with van der Waals surface area (Å²) in [7, 11) is 0. The highest BCUT2D eigenvalue weighted by atomic mass is 19.1. The number of anilines is 1. The van der Waals surface area contributed by atoms with Gasteiger partial charge in [-0.1, -0.05) is 5.16 Å². The van der Waals surface area contributed by atoms with Crippen LogP contribution in [0.3, 0.4) is 0 Å². The minimum atomic E-state index is -0.476. The van der Waals surface area contributed by atoms with E-state index in [1.165, 1.54) is 38.5 Å². The Balaban J connectivity index is 1.38. The second-order valence-corrected chi connectivity index (χ2v) is 7.69. The molecule has 0 amide bonds. The molecule has 0 radical (unpaired) electrons. The van der Waals surface area contributed by atoms with Gasteiger partial charge in [0, 0.05) is 16.6 Å². The molecular formula is C22H27FN6O2. The number of benzene rings is 1. The molecule has 0 unspecified atom stereocenters. The van der Waals surface area contributed by atoms with E-state index in [2.05, 4.69) is 25.0 Å². The van der Waals surface area contributed by atoms with Gasteiger partial charge in [0.15, 0.2) is 11.6 Å². The quantitative estimate of drug-likeness (QED) is 0.305. The van der Waals surface area contributed by atoms with Crippen LogP contribution in [0.2, 0.25) is 0 Å². The van der Waals surface area contributed by atoms with Gasteiger partial charge in [0.1, 0.15) is 24.3 Å². The molecule has 0 saturated carbocycles. The van der Waals surface area contributed by atoms with Crippen LogP contribution < -0.4 is 10.5 Å². The summed E-state index contributed by atoms with van der Waals surface area (Å²) in [5.74, 6) is -0.150. The number of rotatable bonds is 9. The van der Waals surface area contributed by atoms with Gasteiger partial charge in [-0.15, -0.1) is 0 Å². The number of H-pyrrole nitrogens is 1. The van der Waals surface area contributed by atoms with Gasteiger partial charge in [-0.2, -0.15) is 0 Å². The fourth-order valence-electron chi connectivity index (χ4n) is 3.72. The second-order valence-electron chi connectivity index (χ2n) is 7.69. The molecule has 1 saturated heterocycles. The van der Waals surface area contributed by atoms with Crippen molar-refractivity contribution in [2.24, 2.45) is 5.16 Å². The lowest BCUT2D eigenvalue weighted by Gasteiger charge is -2.13. The van der Waals surface area contributed by atoms with Crippen molar-refractivity contribution in [3.63, 3.8) is 0 Å². The highest BCUT2D eigenvalue weighted by Gasteiger charge is 2.15. The molecule has 3 aromatic rings. The van der Waals surface area contributed by atoms with Crippen molar-refractivity contribution in [2.45, 2.75) is 32.6 Å². The third-order valence-corrected chi connectivity index (χ3v) is 5.34. The van der Waals surface area contributed by atoms with E-state index in [4.69, 9.17) is 15.3 Å². The average Bonchev–Trinajstić information content (AvgIpc) is 3.40. The number of fused-ring (bicyclic) bond motifs is 1. The maximum atomic E-state index is 14.9. The number of unbranched alkanes of at least 4 members (excludes halogenated alkanes) is 1. The van der Waals surface area contributed by atoms with E-state index in [0.29, 0.717) is 23.1 Å². The van der Waals surface area contributed by atoms with Gasteiger partial charge in [-0.3, -0.25) is 0 Å². The number of aromatic nitrogens is 3. The first kappa shape index (κ1) is 21.0. The minimum absolute atomic E-state index is 0.0436. The maximum Gasteiger partial charge on any atom is 0.233 e. The molecule has 164 valence electrons. The Hall–Kier alpha value is -3.20. The first-order valence-electron chi connectivity index (χ1n) is 10.6. The summed E-state index contributed by atoms with van der Waals surface area (Å²) in [4.78, 5) is 19.0. The number of likely N-dealkylation sites (tertiary alicyclic amines) is 1. The van der Waals surface area contributed by atoms with Crippen LogP contribution in [0.1, 0.15) is 36.9 Å². The standard InChI is InChI=1S/C22H27FN6O2/c1-15-12-16-18(28-15)6-7-19(20(16)23)31-22-17(21(24)25-14-26-22)13-27-30-11-5-4-10-29-8-2-3-9-29/h6-7,12-14,28H,2-5,8-11H2,1H3,(H2,24,25,26). The maximum absolute atomic E-state index is 14.9. The minimum Gasteiger partial charge on any atom is -0.435 e. The molecule has 4 rings (SSSR count). The first-order chi connectivity index (χ1) is 15.1. The van der Waals surface area contributed by atoms with Crippen molar-refractivity contribution in [1.82, 2.24) is 19.9 Å². The number of ether oxygens (including phenoxy) is 1. The van der Waals surface area contributed by atoms with Gasteiger partial charge >= 0.3 is 0 Å². The highest BCUT2D eigenvalue weighted by molar-refractivity contribution is 5.88. The summed E-state index contributed by atoms with van der Waals surface area (Å²) in [6.45, 7) is 5.87. The van der Waals surface area contributed by atoms with Crippen LogP contribution in [-0.4, -0.2) is 52.3 Å². The monoisotopic (exact) mass is 426 g/mol. The van der Waals surface area contributed by atoms with E-state index in [-0.39, 0.29) is 17.4 Å². The predicted octanol–water partition coefficient (Wildman–Crippen LogP) is 4.01. The van der Waals surface area contributed by atoms with E-state index >= 15 is 0 Å². The number of hydrogen-bond donors (Lipinski definition) is 2. The van der Waals surface area contributed by atoms with Crippen LogP contribution in [0, 0.1) is 12.7 Å². The Morgan fingerprint density at radius 1 is 1.26 bits per heavy atom. The molecule has 0 bridgehead atoms. The summed E-state index contributed by atoms with van der Waals surface area (Å²) < 4.78 is 20.6. The van der Waals surface area contributed by atoms with Crippen LogP contribution in [0.25, 0.3) is 10.9 Å². The number of oxime groups is 1. The lowest BCUT2D eigenvalue weighted by atomic mass is 10.2. The molecule has 0 spiro atoms. The molecule has 0 atom stereocenters. The molecular weight excluding hydrogens is 399 g/mol. The molecule has 8 nitrogen and oxygen atoms in total. The number of nitrogens with zero attached hydrogens (tertiary/aromatic N) is 4. The van der Waals surface area contributed by atoms with Crippen molar-refractivity contribution < 1.29 is 14.0 Å². The zero-order valence-electron chi connectivity index (χ0n) is 17.6. The van der Waals surface area contributed by atoms with Gasteiger partial charge in [0.05, 0.1) is 6.21 Å². The van der Waals surface area contributed by atoms with Crippen molar-refractivity contribution >= 4 is 22.9 Å². The summed E-state index contributed by atoms with van der Waals surface area (Å²) in [6.07, 6.45) is 7.25. The lowest BCUT2D eigenvalue weighted by Crippen LogP contribution is -2.20. The van der Waals surface area contributed by atoms with Gasteiger partial charge in [0.25, 0.3) is 0 Å². The van der Waals surface area contributed by atoms with E-state index < -0.39 is 5.82 Å². The Kier molecular flexibility index (Phi) is 6.61. The van der Waals surface area contributed by atoms with Gasteiger partial charge in [-0.25, -0.2) is 14.4 Å². The highest BCUT2D eigenvalue weighted by Crippen LogP contribution is 2.31. The Morgan fingerprint density at radius 2 is 2.10 bits per heavy atom. The van der Waals surface area contributed by atoms with E-state index in [1.807, 2.05) is 6.92 Å². The molecule has 2 aromatic heterocycles. The van der Waals surface area contributed by atoms with Crippen LogP contribution in [0.5, 0.6) is 11.6 Å². The molecule has 9 heteroatoms. The van der Waals surface area contributed by atoms with Gasteiger partial charge in [-0.05, 0) is 70.4 Å². The van der Waals surface area contributed by atoms with Crippen LogP contribution in [0.4, 0.5) is 10.2 Å². The van der Waals surface area contributed by atoms with Crippen LogP contribution >= 0.6 is 0 Å². The van der Waals surface area contributed by atoms with Crippen molar-refractivity contribution in [3.05, 3.63) is 41.6 Å².